The summed E-state index contributed by atoms with van der Waals surface area (Å²) in [7, 11) is 0. The van der Waals surface area contributed by atoms with E-state index in [0.717, 1.165) is 0 Å². The average Bonchev–Trinajstić information content (AvgIpc) is 2.77. The van der Waals surface area contributed by atoms with E-state index in [1.807, 2.05) is 13.8 Å². The van der Waals surface area contributed by atoms with Crippen LogP contribution in [0.3, 0.4) is 0 Å². The van der Waals surface area contributed by atoms with Crippen LogP contribution in [-0.4, -0.2) is 46.3 Å². The molecule has 1 rings (SSSR count). The van der Waals surface area contributed by atoms with Crippen LogP contribution < -0.4 is 5.32 Å². The summed E-state index contributed by atoms with van der Waals surface area (Å²) in [5.74, 6) is -1.73. The van der Waals surface area contributed by atoms with E-state index in [-0.39, 0.29) is 30.1 Å². The molecule has 1 atom stereocenters. The van der Waals surface area contributed by atoms with Gasteiger partial charge in [-0.25, -0.2) is 4.79 Å². The first kappa shape index (κ1) is 18.9. The van der Waals surface area contributed by atoms with Crippen molar-refractivity contribution < 1.29 is 24.3 Å². The van der Waals surface area contributed by atoms with Crippen molar-refractivity contribution in [2.24, 2.45) is 5.92 Å². The van der Waals surface area contributed by atoms with E-state index < -0.39 is 12.0 Å². The number of hydrogen-bond acceptors (Lipinski definition) is 4. The summed E-state index contributed by atoms with van der Waals surface area (Å²) in [5, 5.41) is 11.6. The smallest absolute Gasteiger partial charge is 0.326 e. The van der Waals surface area contributed by atoms with Crippen molar-refractivity contribution >= 4 is 23.7 Å². The molecule has 1 unspecified atom stereocenters. The van der Waals surface area contributed by atoms with Crippen molar-refractivity contribution in [3.8, 4) is 0 Å². The maximum absolute atomic E-state index is 11.8. The van der Waals surface area contributed by atoms with Crippen LogP contribution in [0.4, 0.5) is 0 Å². The summed E-state index contributed by atoms with van der Waals surface area (Å²) in [6.45, 7) is 4.15. The fourth-order valence-corrected chi connectivity index (χ4v) is 2.34. The zero-order chi connectivity index (χ0) is 17.4. The van der Waals surface area contributed by atoms with Gasteiger partial charge in [0.05, 0.1) is 0 Å². The molecule has 0 radical (unpaired) electrons. The van der Waals surface area contributed by atoms with Crippen LogP contribution >= 0.6 is 0 Å². The fraction of sp³-hybridized carbons (Fsp3) is 0.625. The summed E-state index contributed by atoms with van der Waals surface area (Å²) >= 11 is 0. The molecular formula is C16H24N2O5. The van der Waals surface area contributed by atoms with Crippen molar-refractivity contribution in [2.75, 3.05) is 6.54 Å². The minimum atomic E-state index is -1.02. The van der Waals surface area contributed by atoms with Crippen molar-refractivity contribution in [3.05, 3.63) is 12.2 Å². The molecular weight excluding hydrogens is 300 g/mol. The molecule has 0 aromatic carbocycles. The third kappa shape index (κ3) is 6.63. The molecule has 0 saturated heterocycles. The zero-order valence-electron chi connectivity index (χ0n) is 13.6. The second-order valence-electron chi connectivity index (χ2n) is 6.06. The fourth-order valence-electron chi connectivity index (χ4n) is 2.34. The minimum absolute atomic E-state index is 0.181. The van der Waals surface area contributed by atoms with Crippen LogP contribution in [0.2, 0.25) is 0 Å². The molecule has 3 amide bonds. The summed E-state index contributed by atoms with van der Waals surface area (Å²) in [4.78, 5) is 46.7. The molecule has 128 valence electrons. The van der Waals surface area contributed by atoms with Gasteiger partial charge in [0.25, 0.3) is 11.8 Å². The number of nitrogens with zero attached hydrogens (tertiary/aromatic N) is 1. The van der Waals surface area contributed by atoms with Gasteiger partial charge in [0.2, 0.25) is 5.91 Å². The molecule has 0 bridgehead atoms. The Hall–Kier alpha value is -2.18. The predicted octanol–water partition coefficient (Wildman–Crippen LogP) is 1.09. The van der Waals surface area contributed by atoms with Gasteiger partial charge in [0.1, 0.15) is 6.04 Å². The second kappa shape index (κ2) is 9.07. The maximum atomic E-state index is 11.8. The Morgan fingerprint density at radius 2 is 1.74 bits per heavy atom. The Morgan fingerprint density at radius 1 is 1.13 bits per heavy atom. The highest BCUT2D eigenvalue weighted by Gasteiger charge is 2.23. The standard InChI is InChI=1S/C16H24N2O5/c1-11(2)10-12(16(22)23)17-13(19)6-4-3-5-9-18-14(20)7-8-15(18)21/h7-8,11-12H,3-6,9-10H2,1-2H3,(H,17,19)(H,22,23). The van der Waals surface area contributed by atoms with Gasteiger partial charge in [-0.3, -0.25) is 19.3 Å². The first-order valence-corrected chi connectivity index (χ1v) is 7.87. The van der Waals surface area contributed by atoms with E-state index in [1.54, 1.807) is 0 Å². The van der Waals surface area contributed by atoms with Gasteiger partial charge in [0.15, 0.2) is 0 Å². The molecule has 1 aliphatic heterocycles. The summed E-state index contributed by atoms with van der Waals surface area (Å²) in [5.41, 5.74) is 0. The lowest BCUT2D eigenvalue weighted by molar-refractivity contribution is -0.142. The van der Waals surface area contributed by atoms with Gasteiger partial charge in [-0.15, -0.1) is 0 Å². The molecule has 2 N–H and O–H groups in total. The minimum Gasteiger partial charge on any atom is -0.480 e. The number of aliphatic carboxylic acids is 1. The van der Waals surface area contributed by atoms with Gasteiger partial charge >= 0.3 is 5.97 Å². The molecule has 1 aliphatic rings. The van der Waals surface area contributed by atoms with Gasteiger partial charge in [-0.05, 0) is 25.2 Å². The van der Waals surface area contributed by atoms with E-state index in [4.69, 9.17) is 5.11 Å². The van der Waals surface area contributed by atoms with Gasteiger partial charge in [-0.2, -0.15) is 0 Å². The van der Waals surface area contributed by atoms with Crippen molar-refractivity contribution in [3.63, 3.8) is 0 Å². The van der Waals surface area contributed by atoms with Crippen molar-refractivity contribution in [1.29, 1.82) is 0 Å². The largest absolute Gasteiger partial charge is 0.480 e. The Balaban J connectivity index is 2.19. The van der Waals surface area contributed by atoms with Crippen molar-refractivity contribution in [1.82, 2.24) is 10.2 Å². The molecule has 0 aliphatic carbocycles. The third-order valence-electron chi connectivity index (χ3n) is 3.53. The van der Waals surface area contributed by atoms with Crippen LogP contribution in [0.15, 0.2) is 12.2 Å². The van der Waals surface area contributed by atoms with Crippen LogP contribution in [-0.2, 0) is 19.2 Å². The number of carboxylic acid groups (broad SMARTS) is 1. The van der Waals surface area contributed by atoms with Crippen LogP contribution in [0.5, 0.6) is 0 Å². The molecule has 0 aromatic rings. The molecule has 1 heterocycles. The second-order valence-corrected chi connectivity index (χ2v) is 6.06. The van der Waals surface area contributed by atoms with Crippen LogP contribution in [0.1, 0.15) is 46.0 Å². The molecule has 7 nitrogen and oxygen atoms in total. The summed E-state index contributed by atoms with van der Waals surface area (Å²) in [6, 6.07) is -0.853. The molecule has 0 aromatic heterocycles. The number of imide groups is 1. The Morgan fingerprint density at radius 3 is 2.26 bits per heavy atom. The molecule has 0 saturated carbocycles. The SMILES string of the molecule is CC(C)CC(NC(=O)CCCCCN1C(=O)C=CC1=O)C(=O)O. The van der Waals surface area contributed by atoms with E-state index in [0.29, 0.717) is 32.2 Å². The van der Waals surface area contributed by atoms with Gasteiger partial charge in [-0.1, -0.05) is 20.3 Å². The molecule has 0 fully saturated rings. The molecule has 0 spiro atoms. The lowest BCUT2D eigenvalue weighted by Crippen LogP contribution is -2.41. The number of carbonyl (C=O) groups excluding carboxylic acids is 3. The van der Waals surface area contributed by atoms with Crippen LogP contribution in [0.25, 0.3) is 0 Å². The maximum Gasteiger partial charge on any atom is 0.326 e. The predicted molar refractivity (Wildman–Crippen MR) is 83.3 cm³/mol. The number of unbranched alkanes of at least 4 members (excludes halogenated alkanes) is 2. The zero-order valence-corrected chi connectivity index (χ0v) is 13.6. The van der Waals surface area contributed by atoms with Crippen LogP contribution in [0, 0.1) is 5.92 Å². The first-order valence-electron chi connectivity index (χ1n) is 7.87. The van der Waals surface area contributed by atoms with Gasteiger partial charge < -0.3 is 10.4 Å². The monoisotopic (exact) mass is 324 g/mol. The highest BCUT2D eigenvalue weighted by molar-refractivity contribution is 6.12. The number of rotatable bonds is 10. The highest BCUT2D eigenvalue weighted by atomic mass is 16.4. The van der Waals surface area contributed by atoms with Crippen molar-refractivity contribution in [2.45, 2.75) is 52.0 Å². The van der Waals surface area contributed by atoms with E-state index in [2.05, 4.69) is 5.32 Å². The first-order chi connectivity index (χ1) is 10.8. The quantitative estimate of drug-likeness (QED) is 0.462. The summed E-state index contributed by atoms with van der Waals surface area (Å²) < 4.78 is 0. The van der Waals surface area contributed by atoms with E-state index in [1.165, 1.54) is 17.1 Å². The topological polar surface area (TPSA) is 104 Å². The lowest BCUT2D eigenvalue weighted by atomic mass is 10.0. The normalized spacial score (nSPS) is 15.3. The number of nitrogens with one attached hydrogen (secondary N) is 1. The number of hydrogen-bond donors (Lipinski definition) is 2. The van der Waals surface area contributed by atoms with E-state index >= 15 is 0 Å². The highest BCUT2D eigenvalue weighted by Crippen LogP contribution is 2.09. The molecule has 23 heavy (non-hydrogen) atoms. The molecule has 7 heteroatoms. The number of carbonyl (C=O) groups is 4. The third-order valence-corrected chi connectivity index (χ3v) is 3.53. The number of carboxylic acids is 1. The number of amides is 3. The van der Waals surface area contributed by atoms with Gasteiger partial charge in [0, 0.05) is 25.1 Å². The van der Waals surface area contributed by atoms with E-state index in [9.17, 15) is 19.2 Å². The average molecular weight is 324 g/mol. The Labute approximate surface area is 135 Å². The summed E-state index contributed by atoms with van der Waals surface area (Å²) in [6.07, 6.45) is 5.03. The Bertz CT molecular complexity index is 481. The lowest BCUT2D eigenvalue weighted by Gasteiger charge is -2.16. The Kier molecular flexibility index (Phi) is 7.44.